The summed E-state index contributed by atoms with van der Waals surface area (Å²) in [6.07, 6.45) is 3.36. The Morgan fingerprint density at radius 2 is 0.977 bits per heavy atom. The number of nitrogens with zero attached hydrogens (tertiary/aromatic N) is 10. The molecular formula is C18H32CdN18O6. The smallest absolute Gasteiger partial charge is 0.382 e. The molecule has 43 heavy (non-hydrogen) atoms. The minimum Gasteiger partial charge on any atom is -0.382 e. The van der Waals surface area contributed by atoms with Crippen LogP contribution in [0.2, 0.25) is 0 Å². The van der Waals surface area contributed by atoms with E-state index in [1.54, 1.807) is 12.7 Å². The number of fused-ring (bicyclic) bond motifs is 2. The fourth-order valence-electron chi connectivity index (χ4n) is 3.15. The van der Waals surface area contributed by atoms with Gasteiger partial charge in [-0.15, -0.1) is 0 Å². The number of nitrogens with two attached hydrogens (primary N) is 6. The van der Waals surface area contributed by atoms with Crippen molar-refractivity contribution in [3.8, 4) is 0 Å². The van der Waals surface area contributed by atoms with Crippen molar-refractivity contribution in [2.75, 3.05) is 62.2 Å². The van der Waals surface area contributed by atoms with E-state index in [4.69, 9.17) is 65.0 Å². The predicted molar refractivity (Wildman–Crippen MR) is 153 cm³/mol. The minimum absolute atomic E-state index is 0. The fourth-order valence-corrected chi connectivity index (χ4v) is 3.15. The van der Waals surface area contributed by atoms with Crippen molar-refractivity contribution in [2.24, 2.45) is 11.5 Å². The molecule has 0 aliphatic rings. The van der Waals surface area contributed by atoms with Crippen molar-refractivity contribution in [2.45, 2.75) is 13.1 Å². The molecule has 0 aromatic carbocycles. The zero-order valence-corrected chi connectivity index (χ0v) is 26.9. The third-order valence-electron chi connectivity index (χ3n) is 4.72. The minimum atomic E-state index is -1.75. The van der Waals surface area contributed by atoms with E-state index >= 15 is 0 Å². The number of nitrogen functional groups attached to an aromatic ring is 4. The van der Waals surface area contributed by atoms with Crippen LogP contribution in [-0.4, -0.2) is 88.5 Å². The van der Waals surface area contributed by atoms with Crippen LogP contribution in [0.25, 0.3) is 22.3 Å². The second-order valence-corrected chi connectivity index (χ2v) is 7.68. The molecule has 0 aliphatic heterocycles. The first-order valence-corrected chi connectivity index (χ1v) is 11.8. The second kappa shape index (κ2) is 20.4. The molecular weight excluding hydrogens is 677 g/mol. The van der Waals surface area contributed by atoms with Gasteiger partial charge in [-0.05, 0) is 0 Å². The summed E-state index contributed by atoms with van der Waals surface area (Å²) in [5.74, 6) is 0.931. The van der Waals surface area contributed by atoms with Gasteiger partial charge in [0.15, 0.2) is 22.9 Å². The second-order valence-electron chi connectivity index (χ2n) is 7.68. The van der Waals surface area contributed by atoms with E-state index in [0.717, 1.165) is 39.3 Å². The molecule has 14 N–H and O–H groups in total. The molecule has 24 nitrogen and oxygen atoms in total. The Bertz CT molecular complexity index is 1300. The number of imidazole rings is 2. The van der Waals surface area contributed by atoms with Gasteiger partial charge in [0.2, 0.25) is 11.9 Å². The molecule has 4 heterocycles. The van der Waals surface area contributed by atoms with Crippen LogP contribution in [0.3, 0.4) is 0 Å². The first kappa shape index (κ1) is 38.5. The maximum Gasteiger partial charge on any atom is 2.00 e. The first-order valence-electron chi connectivity index (χ1n) is 11.8. The van der Waals surface area contributed by atoms with Crippen molar-refractivity contribution in [3.63, 3.8) is 0 Å². The molecule has 0 unspecified atom stereocenters. The van der Waals surface area contributed by atoms with Crippen LogP contribution in [0, 0.1) is 30.6 Å². The molecule has 0 saturated carbocycles. The van der Waals surface area contributed by atoms with Crippen LogP contribution in [0.15, 0.2) is 12.7 Å². The molecule has 0 bridgehead atoms. The van der Waals surface area contributed by atoms with Crippen LogP contribution in [0.1, 0.15) is 0 Å². The van der Waals surface area contributed by atoms with Gasteiger partial charge in [0.05, 0.1) is 22.8 Å². The van der Waals surface area contributed by atoms with E-state index in [9.17, 15) is 0 Å². The molecule has 0 atom stereocenters. The van der Waals surface area contributed by atoms with E-state index < -0.39 is 10.2 Å². The number of rotatable bonds is 10. The van der Waals surface area contributed by atoms with Gasteiger partial charge in [0.25, 0.3) is 0 Å². The third kappa shape index (κ3) is 14.3. The molecule has 25 heteroatoms. The van der Waals surface area contributed by atoms with E-state index in [-0.39, 0.29) is 39.2 Å². The van der Waals surface area contributed by atoms with Gasteiger partial charge in [-0.3, -0.25) is 0 Å². The molecule has 4 aromatic heterocycles. The summed E-state index contributed by atoms with van der Waals surface area (Å²) in [6, 6.07) is 0. The summed E-state index contributed by atoms with van der Waals surface area (Å²) >= 11 is 0. The Morgan fingerprint density at radius 3 is 1.28 bits per heavy atom. The molecule has 0 amide bonds. The molecule has 4 aromatic rings. The first-order chi connectivity index (χ1) is 19.9. The normalized spacial score (nSPS) is 9.91. The van der Waals surface area contributed by atoms with E-state index in [0.29, 0.717) is 47.1 Å². The average molecular weight is 709 g/mol. The zero-order chi connectivity index (χ0) is 31.7. The Kier molecular flexibility index (Phi) is 18.2. The molecule has 0 aliphatic carbocycles. The SMILES string of the molecule is NCCNCCn1cnc2c(N)nc(N)nc21.NCCNCCn1cnc2c(N)nc(N)nc21.O=[N+]([O-])[O-].O=[N+]([O-])[O-].[Cd+2]. The largest absolute Gasteiger partial charge is 2.00 e. The summed E-state index contributed by atoms with van der Waals surface area (Å²) in [4.78, 5) is 40.8. The average Bonchev–Trinajstić information content (AvgIpc) is 3.49. The fraction of sp³-hybridized carbons (Fsp3) is 0.444. The maximum atomic E-state index is 8.25. The topological polar surface area (TPSA) is 400 Å². The molecule has 232 valence electrons. The van der Waals surface area contributed by atoms with Gasteiger partial charge in [0.1, 0.15) is 11.0 Å². The molecule has 0 radical (unpaired) electrons. The van der Waals surface area contributed by atoms with Gasteiger partial charge in [-0.25, -0.2) is 9.97 Å². The van der Waals surface area contributed by atoms with Gasteiger partial charge < -0.3 is 84.8 Å². The number of aromatic nitrogens is 8. The standard InChI is InChI=1S/2C9H16N8.Cd.2NO3/c2*10-1-2-13-3-4-17-5-14-6-7(11)15-9(12)16-8(6)17;;2*2-1(3)4/h2*5,13H,1-4,10H2,(H4,11,12,15,16);;;/q;;+2;2*-1. The summed E-state index contributed by atoms with van der Waals surface area (Å²) < 4.78 is 3.76. The Labute approximate surface area is 262 Å². The van der Waals surface area contributed by atoms with Gasteiger partial charge in [-0.1, -0.05) is 0 Å². The van der Waals surface area contributed by atoms with Crippen LogP contribution in [0.4, 0.5) is 23.5 Å². The van der Waals surface area contributed by atoms with E-state index in [2.05, 4.69) is 40.5 Å². The van der Waals surface area contributed by atoms with Crippen molar-refractivity contribution in [3.05, 3.63) is 43.3 Å². The molecule has 4 rings (SSSR count). The zero-order valence-electron chi connectivity index (χ0n) is 22.9. The van der Waals surface area contributed by atoms with Crippen molar-refractivity contribution in [1.29, 1.82) is 0 Å². The number of anilines is 4. The molecule has 0 spiro atoms. The Balaban J connectivity index is 0.000000646. The monoisotopic (exact) mass is 710 g/mol. The van der Waals surface area contributed by atoms with Crippen molar-refractivity contribution < 1.29 is 37.5 Å². The van der Waals surface area contributed by atoms with Crippen molar-refractivity contribution >= 4 is 45.9 Å². The van der Waals surface area contributed by atoms with E-state index in [1.165, 1.54) is 0 Å². The molecule has 0 saturated heterocycles. The van der Waals surface area contributed by atoms with E-state index in [1.807, 2.05) is 9.13 Å². The summed E-state index contributed by atoms with van der Waals surface area (Å²) in [7, 11) is 0. The Hall–Kier alpha value is -4.54. The number of hydrogen-bond acceptors (Lipinski definition) is 20. The van der Waals surface area contributed by atoms with Crippen LogP contribution in [0.5, 0.6) is 0 Å². The molecule has 0 fully saturated rings. The predicted octanol–water partition coefficient (Wildman–Crippen LogP) is -3.40. The summed E-state index contributed by atoms with van der Waals surface area (Å²) in [5, 5.41) is 35.9. The number of hydrogen-bond donors (Lipinski definition) is 8. The Morgan fingerprint density at radius 1 is 0.651 bits per heavy atom. The maximum absolute atomic E-state index is 8.25. The van der Waals surface area contributed by atoms with Crippen LogP contribution >= 0.6 is 0 Å². The summed E-state index contributed by atoms with van der Waals surface area (Å²) in [5.41, 5.74) is 35.8. The van der Waals surface area contributed by atoms with Crippen LogP contribution < -0.4 is 45.0 Å². The van der Waals surface area contributed by atoms with Gasteiger partial charge in [-0.2, -0.15) is 19.9 Å². The number of nitrogens with one attached hydrogen (secondary N) is 2. The third-order valence-corrected chi connectivity index (χ3v) is 4.72. The van der Waals surface area contributed by atoms with Crippen LogP contribution in [-0.2, 0) is 40.4 Å². The van der Waals surface area contributed by atoms with Gasteiger partial charge in [0, 0.05) is 52.4 Å². The van der Waals surface area contributed by atoms with Gasteiger partial charge >= 0.3 is 27.3 Å². The van der Waals surface area contributed by atoms with Crippen molar-refractivity contribution in [1.82, 2.24) is 49.7 Å². The summed E-state index contributed by atoms with van der Waals surface area (Å²) in [6.45, 7) is 5.83. The quantitative estimate of drug-likeness (QED) is 0.0344.